The van der Waals surface area contributed by atoms with E-state index in [1.54, 1.807) is 0 Å². The van der Waals surface area contributed by atoms with Gasteiger partial charge < -0.3 is 10.2 Å². The number of sulfone groups is 1. The summed E-state index contributed by atoms with van der Waals surface area (Å²) in [6.45, 7) is 0.316. The molecule has 1 aliphatic rings. The van der Waals surface area contributed by atoms with Crippen molar-refractivity contribution in [2.24, 2.45) is 5.92 Å². The van der Waals surface area contributed by atoms with Crippen molar-refractivity contribution in [2.75, 3.05) is 24.7 Å². The second-order valence-electron chi connectivity index (χ2n) is 6.32. The van der Waals surface area contributed by atoms with Crippen molar-refractivity contribution in [1.82, 2.24) is 4.90 Å². The van der Waals surface area contributed by atoms with Crippen molar-refractivity contribution < 1.29 is 26.8 Å². The summed E-state index contributed by atoms with van der Waals surface area (Å²) >= 11 is 0. The van der Waals surface area contributed by atoms with E-state index in [1.807, 2.05) is 0 Å². The van der Waals surface area contributed by atoms with Crippen LogP contribution in [0.25, 0.3) is 0 Å². The van der Waals surface area contributed by atoms with Crippen molar-refractivity contribution in [3.8, 4) is 0 Å². The van der Waals surface area contributed by atoms with E-state index in [-0.39, 0.29) is 29.5 Å². The first-order valence-electron chi connectivity index (χ1n) is 8.00. The summed E-state index contributed by atoms with van der Waals surface area (Å²) in [6, 6.07) is 8.65. The minimum atomic E-state index is -3.31. The summed E-state index contributed by atoms with van der Waals surface area (Å²) in [5.74, 6) is -3.36. The van der Waals surface area contributed by atoms with Crippen LogP contribution in [0.3, 0.4) is 0 Å². The molecule has 9 heteroatoms. The summed E-state index contributed by atoms with van der Waals surface area (Å²) in [5, 5.41) is 2.66. The van der Waals surface area contributed by atoms with Gasteiger partial charge in [0.2, 0.25) is 5.91 Å². The Hall–Kier alpha value is -2.81. The van der Waals surface area contributed by atoms with Crippen LogP contribution in [0.5, 0.6) is 0 Å². The number of carbonyl (C=O) groups excluding carboxylic acids is 2. The second kappa shape index (κ2) is 7.07. The van der Waals surface area contributed by atoms with Crippen LogP contribution in [0, 0.1) is 17.6 Å². The number of carbonyl (C=O) groups is 2. The Labute approximate surface area is 154 Å². The molecule has 0 aromatic heterocycles. The van der Waals surface area contributed by atoms with Gasteiger partial charge in [0.25, 0.3) is 5.91 Å². The normalized spacial score (nSPS) is 14.6. The van der Waals surface area contributed by atoms with Gasteiger partial charge >= 0.3 is 0 Å². The van der Waals surface area contributed by atoms with Crippen LogP contribution in [0.1, 0.15) is 10.4 Å². The fourth-order valence-corrected chi connectivity index (χ4v) is 3.28. The minimum absolute atomic E-state index is 0.0177. The number of benzene rings is 2. The van der Waals surface area contributed by atoms with E-state index in [0.29, 0.717) is 5.69 Å². The first kappa shape index (κ1) is 19.0. The van der Waals surface area contributed by atoms with Crippen molar-refractivity contribution in [2.45, 2.75) is 4.90 Å². The van der Waals surface area contributed by atoms with E-state index in [0.717, 1.165) is 18.4 Å². The highest BCUT2D eigenvalue weighted by molar-refractivity contribution is 7.90. The molecule has 2 aromatic carbocycles. The molecule has 0 atom stereocenters. The molecule has 3 rings (SSSR count). The number of rotatable bonds is 4. The molecule has 6 nitrogen and oxygen atoms in total. The highest BCUT2D eigenvalue weighted by Crippen LogP contribution is 2.22. The predicted molar refractivity (Wildman–Crippen MR) is 93.9 cm³/mol. The SMILES string of the molecule is CS(=O)(=O)c1ccc(NC(=O)C2CN(C(=O)c3ccc(F)c(F)c3)C2)cc1. The summed E-state index contributed by atoms with van der Waals surface area (Å²) in [5.41, 5.74) is 0.460. The molecule has 2 aromatic rings. The molecule has 0 unspecified atom stereocenters. The third kappa shape index (κ3) is 4.13. The first-order valence-corrected chi connectivity index (χ1v) is 9.89. The number of amides is 2. The molecule has 1 saturated heterocycles. The van der Waals surface area contributed by atoms with Crippen LogP contribution >= 0.6 is 0 Å². The molecule has 0 bridgehead atoms. The fourth-order valence-electron chi connectivity index (χ4n) is 2.65. The van der Waals surface area contributed by atoms with E-state index in [2.05, 4.69) is 5.32 Å². The highest BCUT2D eigenvalue weighted by Gasteiger charge is 2.36. The Bertz CT molecular complexity index is 1000. The zero-order chi connectivity index (χ0) is 19.8. The van der Waals surface area contributed by atoms with Crippen LogP contribution in [0.4, 0.5) is 14.5 Å². The van der Waals surface area contributed by atoms with Gasteiger partial charge in [-0.1, -0.05) is 0 Å². The Balaban J connectivity index is 1.56. The van der Waals surface area contributed by atoms with Gasteiger partial charge in [-0.15, -0.1) is 0 Å². The summed E-state index contributed by atoms with van der Waals surface area (Å²) in [6.07, 6.45) is 1.09. The average Bonchev–Trinajstić information content (AvgIpc) is 2.55. The molecule has 1 aliphatic heterocycles. The lowest BCUT2D eigenvalue weighted by atomic mass is 9.97. The summed E-state index contributed by atoms with van der Waals surface area (Å²) in [4.78, 5) is 25.9. The highest BCUT2D eigenvalue weighted by atomic mass is 32.2. The maximum Gasteiger partial charge on any atom is 0.254 e. The first-order chi connectivity index (χ1) is 12.6. The topological polar surface area (TPSA) is 83.6 Å². The van der Waals surface area contributed by atoms with Gasteiger partial charge in [0.05, 0.1) is 10.8 Å². The van der Waals surface area contributed by atoms with Gasteiger partial charge in [0, 0.05) is 30.6 Å². The van der Waals surface area contributed by atoms with Gasteiger partial charge in [-0.3, -0.25) is 9.59 Å². The lowest BCUT2D eigenvalue weighted by Crippen LogP contribution is -2.54. The summed E-state index contributed by atoms with van der Waals surface area (Å²) in [7, 11) is -3.31. The molecule has 0 radical (unpaired) electrons. The molecule has 0 spiro atoms. The predicted octanol–water partition coefficient (Wildman–Crippen LogP) is 2.08. The minimum Gasteiger partial charge on any atom is -0.337 e. The third-order valence-corrected chi connectivity index (χ3v) is 5.38. The number of anilines is 1. The number of hydrogen-bond acceptors (Lipinski definition) is 4. The van der Waals surface area contributed by atoms with Crippen LogP contribution < -0.4 is 5.32 Å². The molecule has 1 heterocycles. The molecule has 2 amide bonds. The van der Waals surface area contributed by atoms with Gasteiger partial charge in [-0.05, 0) is 42.5 Å². The second-order valence-corrected chi connectivity index (χ2v) is 8.34. The Kier molecular flexibility index (Phi) is 4.97. The Morgan fingerprint density at radius 3 is 2.22 bits per heavy atom. The zero-order valence-corrected chi connectivity index (χ0v) is 15.1. The van der Waals surface area contributed by atoms with Crippen LogP contribution in [0.2, 0.25) is 0 Å². The maximum atomic E-state index is 13.2. The Morgan fingerprint density at radius 2 is 1.67 bits per heavy atom. The molecule has 1 N–H and O–H groups in total. The van der Waals surface area contributed by atoms with Crippen molar-refractivity contribution >= 4 is 27.3 Å². The maximum absolute atomic E-state index is 13.2. The van der Waals surface area contributed by atoms with Gasteiger partial charge in [0.1, 0.15) is 0 Å². The van der Waals surface area contributed by atoms with Crippen molar-refractivity contribution in [1.29, 1.82) is 0 Å². The molecule has 0 aliphatic carbocycles. The van der Waals surface area contributed by atoms with E-state index in [1.165, 1.54) is 35.2 Å². The monoisotopic (exact) mass is 394 g/mol. The van der Waals surface area contributed by atoms with Gasteiger partial charge in [-0.25, -0.2) is 17.2 Å². The molecule has 0 saturated carbocycles. The Morgan fingerprint density at radius 1 is 1.04 bits per heavy atom. The van der Waals surface area contributed by atoms with Crippen LogP contribution in [-0.2, 0) is 14.6 Å². The standard InChI is InChI=1S/C18H16F2N2O4S/c1-27(25,26)14-5-3-13(4-6-14)21-17(23)12-9-22(10-12)18(24)11-2-7-15(19)16(20)8-11/h2-8,12H,9-10H2,1H3,(H,21,23). The van der Waals surface area contributed by atoms with E-state index in [9.17, 15) is 26.8 Å². The molecular weight excluding hydrogens is 378 g/mol. The quantitative estimate of drug-likeness (QED) is 0.861. The summed E-state index contributed by atoms with van der Waals surface area (Å²) < 4.78 is 49.0. The zero-order valence-electron chi connectivity index (χ0n) is 14.3. The smallest absolute Gasteiger partial charge is 0.254 e. The average molecular weight is 394 g/mol. The van der Waals surface area contributed by atoms with Crippen LogP contribution in [0.15, 0.2) is 47.4 Å². The molecular formula is C18H16F2N2O4S. The number of nitrogens with one attached hydrogen (secondary N) is 1. The van der Waals surface area contributed by atoms with Crippen LogP contribution in [-0.4, -0.2) is 44.5 Å². The van der Waals surface area contributed by atoms with Gasteiger partial charge in [0.15, 0.2) is 21.5 Å². The lowest BCUT2D eigenvalue weighted by Gasteiger charge is -2.38. The van der Waals surface area contributed by atoms with Crippen molar-refractivity contribution in [3.05, 3.63) is 59.7 Å². The number of halogens is 2. The van der Waals surface area contributed by atoms with E-state index >= 15 is 0 Å². The fraction of sp³-hybridized carbons (Fsp3) is 0.222. The largest absolute Gasteiger partial charge is 0.337 e. The molecule has 27 heavy (non-hydrogen) atoms. The van der Waals surface area contributed by atoms with E-state index in [4.69, 9.17) is 0 Å². The van der Waals surface area contributed by atoms with Gasteiger partial charge in [-0.2, -0.15) is 0 Å². The number of nitrogens with zero attached hydrogens (tertiary/aromatic N) is 1. The third-order valence-electron chi connectivity index (χ3n) is 4.26. The molecule has 142 valence electrons. The number of hydrogen-bond donors (Lipinski definition) is 1. The number of likely N-dealkylation sites (tertiary alicyclic amines) is 1. The molecule has 1 fully saturated rings. The van der Waals surface area contributed by atoms with Crippen molar-refractivity contribution in [3.63, 3.8) is 0 Å². The van der Waals surface area contributed by atoms with E-state index < -0.39 is 33.3 Å². The lowest BCUT2D eigenvalue weighted by molar-refractivity contribution is -0.123.